The third-order valence-corrected chi connectivity index (χ3v) is 8.44. The Morgan fingerprint density at radius 1 is 1.00 bits per heavy atom. The van der Waals surface area contributed by atoms with Crippen LogP contribution in [-0.2, 0) is 21.4 Å². The van der Waals surface area contributed by atoms with Gasteiger partial charge in [0.05, 0.1) is 11.4 Å². The largest absolute Gasteiger partial charge is 0.486 e. The lowest BCUT2D eigenvalue weighted by Gasteiger charge is -2.38. The monoisotopic (exact) mass is 460 g/mol. The second-order valence-electron chi connectivity index (χ2n) is 8.36. The maximum atomic E-state index is 13.1. The number of ether oxygens (including phenoxy) is 2. The third kappa shape index (κ3) is 3.87. The molecule has 1 fully saturated rings. The van der Waals surface area contributed by atoms with Crippen molar-refractivity contribution in [1.82, 2.24) is 18.7 Å². The molecule has 1 aromatic heterocycles. The first kappa shape index (κ1) is 21.3. The average molecular weight is 461 g/mol. The number of hydrogen-bond donors (Lipinski definition) is 0. The second-order valence-corrected chi connectivity index (χ2v) is 10.3. The lowest BCUT2D eigenvalue weighted by atomic mass is 10.1. The number of piperazine rings is 1. The van der Waals surface area contributed by atoms with Crippen LogP contribution in [0.25, 0.3) is 0 Å². The van der Waals surface area contributed by atoms with E-state index >= 15 is 0 Å². The van der Waals surface area contributed by atoms with Crippen molar-refractivity contribution in [1.29, 1.82) is 0 Å². The van der Waals surface area contributed by atoms with E-state index < -0.39 is 10.0 Å². The average Bonchev–Trinajstić information content (AvgIpc) is 3.30. The summed E-state index contributed by atoms with van der Waals surface area (Å²) >= 11 is 0. The smallest absolute Gasteiger partial charge is 0.243 e. The molecular weight excluding hydrogens is 432 g/mol. The maximum Gasteiger partial charge on any atom is 0.243 e. The molecule has 0 spiro atoms. The van der Waals surface area contributed by atoms with E-state index in [0.29, 0.717) is 44.3 Å². The summed E-state index contributed by atoms with van der Waals surface area (Å²) < 4.78 is 40.9. The number of nitrogens with zero attached hydrogens (tertiary/aromatic N) is 4. The fraction of sp³-hybridized carbons (Fsp3) is 0.500. The second kappa shape index (κ2) is 8.42. The molecule has 9 nitrogen and oxygen atoms in total. The molecule has 172 valence electrons. The highest BCUT2D eigenvalue weighted by molar-refractivity contribution is 7.89. The molecule has 3 aliphatic rings. The fourth-order valence-electron chi connectivity index (χ4n) is 4.63. The van der Waals surface area contributed by atoms with E-state index in [-0.39, 0.29) is 29.9 Å². The molecule has 0 saturated carbocycles. The predicted molar refractivity (Wildman–Crippen MR) is 117 cm³/mol. The minimum atomic E-state index is -3.66. The fourth-order valence-corrected chi connectivity index (χ4v) is 6.07. The Labute approximate surface area is 188 Å². The van der Waals surface area contributed by atoms with Crippen LogP contribution in [0, 0.1) is 0 Å². The summed E-state index contributed by atoms with van der Waals surface area (Å²) in [6.07, 6.45) is 2.08. The van der Waals surface area contributed by atoms with Crippen LogP contribution in [0.15, 0.2) is 41.4 Å². The van der Waals surface area contributed by atoms with Gasteiger partial charge >= 0.3 is 0 Å². The van der Waals surface area contributed by atoms with Gasteiger partial charge in [-0.05, 0) is 31.2 Å². The summed E-state index contributed by atoms with van der Waals surface area (Å²) in [5, 5.41) is 0. The predicted octanol–water partition coefficient (Wildman–Crippen LogP) is 1.17. The van der Waals surface area contributed by atoms with E-state index in [1.165, 1.54) is 16.1 Å². The number of benzene rings is 1. The third-order valence-electron chi connectivity index (χ3n) is 6.55. The van der Waals surface area contributed by atoms with E-state index in [1.807, 2.05) is 6.07 Å². The molecule has 0 bridgehead atoms. The van der Waals surface area contributed by atoms with Crippen LogP contribution in [0.1, 0.15) is 18.7 Å². The molecule has 1 saturated heterocycles. The van der Waals surface area contributed by atoms with Gasteiger partial charge in [0.1, 0.15) is 13.2 Å². The zero-order chi connectivity index (χ0) is 22.3. The van der Waals surface area contributed by atoms with Crippen LogP contribution in [0.4, 0.5) is 0 Å². The van der Waals surface area contributed by atoms with E-state index in [9.17, 15) is 13.2 Å². The van der Waals surface area contributed by atoms with Crippen LogP contribution in [-0.4, -0.2) is 85.5 Å². The van der Waals surface area contributed by atoms with Gasteiger partial charge in [-0.25, -0.2) is 8.42 Å². The first-order valence-electron chi connectivity index (χ1n) is 11.0. The van der Waals surface area contributed by atoms with Crippen LogP contribution < -0.4 is 9.47 Å². The first-order chi connectivity index (χ1) is 15.4. The molecule has 1 aromatic carbocycles. The zero-order valence-corrected chi connectivity index (χ0v) is 19.0. The van der Waals surface area contributed by atoms with Crippen molar-refractivity contribution in [3.05, 3.63) is 42.2 Å². The van der Waals surface area contributed by atoms with Crippen molar-refractivity contribution in [2.45, 2.75) is 24.4 Å². The molecule has 1 amide bonds. The number of sulfonamides is 1. The normalized spacial score (nSPS) is 21.9. The summed E-state index contributed by atoms with van der Waals surface area (Å²) in [6.45, 7) is 6.37. The Morgan fingerprint density at radius 3 is 2.53 bits per heavy atom. The van der Waals surface area contributed by atoms with Crippen LogP contribution in [0.3, 0.4) is 0 Å². The van der Waals surface area contributed by atoms with Gasteiger partial charge < -0.3 is 18.9 Å². The standard InChI is InChI=1S/C22H28N4O5S/c1-17-19-3-2-6-23(19)7-8-25(17)16-22(27)24-9-11-26(12-10-24)32(28,29)18-4-5-20-21(15-18)31-14-13-30-20/h2-6,15,17H,7-14,16H2,1H3. The Bertz CT molecular complexity index is 1110. The van der Waals surface area contributed by atoms with Gasteiger partial charge in [-0.15, -0.1) is 0 Å². The SMILES string of the molecule is CC1c2cccn2CCN1CC(=O)N1CCN(S(=O)(=O)c2ccc3c(c2)OCCO3)CC1. The molecule has 32 heavy (non-hydrogen) atoms. The highest BCUT2D eigenvalue weighted by Gasteiger charge is 2.32. The van der Waals surface area contributed by atoms with Gasteiger partial charge in [-0.1, -0.05) is 0 Å². The van der Waals surface area contributed by atoms with Crippen molar-refractivity contribution in [3.8, 4) is 11.5 Å². The number of fused-ring (bicyclic) bond motifs is 2. The van der Waals surface area contributed by atoms with Crippen molar-refractivity contribution >= 4 is 15.9 Å². The number of amides is 1. The van der Waals surface area contributed by atoms with Gasteiger partial charge in [-0.2, -0.15) is 4.31 Å². The first-order valence-corrected chi connectivity index (χ1v) is 12.4. The van der Waals surface area contributed by atoms with Crippen molar-refractivity contribution in [2.24, 2.45) is 0 Å². The Balaban J connectivity index is 1.20. The molecule has 2 aromatic rings. The van der Waals surface area contributed by atoms with Crippen molar-refractivity contribution in [2.75, 3.05) is 52.5 Å². The summed E-state index contributed by atoms with van der Waals surface area (Å²) in [5.74, 6) is 1.06. The number of carbonyl (C=O) groups is 1. The number of carbonyl (C=O) groups excluding carboxylic acids is 1. The summed E-state index contributed by atoms with van der Waals surface area (Å²) in [7, 11) is -3.66. The molecule has 1 atom stereocenters. The molecule has 5 rings (SSSR count). The van der Waals surface area contributed by atoms with Gasteiger partial charge in [-0.3, -0.25) is 9.69 Å². The van der Waals surface area contributed by atoms with Gasteiger partial charge in [0.15, 0.2) is 11.5 Å². The molecule has 10 heteroatoms. The summed E-state index contributed by atoms with van der Waals surface area (Å²) in [6, 6.07) is 9.03. The van der Waals surface area contributed by atoms with E-state index in [0.717, 1.165) is 13.1 Å². The van der Waals surface area contributed by atoms with E-state index in [1.54, 1.807) is 17.0 Å². The van der Waals surface area contributed by atoms with Crippen LogP contribution in [0.5, 0.6) is 11.5 Å². The molecular formula is C22H28N4O5S. The molecule has 3 aliphatic heterocycles. The summed E-state index contributed by atoms with van der Waals surface area (Å²) in [5.41, 5.74) is 1.22. The zero-order valence-electron chi connectivity index (χ0n) is 18.1. The maximum absolute atomic E-state index is 13.1. The number of aromatic nitrogens is 1. The van der Waals surface area contributed by atoms with Crippen molar-refractivity contribution in [3.63, 3.8) is 0 Å². The lowest BCUT2D eigenvalue weighted by molar-refractivity contribution is -0.134. The molecule has 0 N–H and O–H groups in total. The van der Waals surface area contributed by atoms with Crippen LogP contribution >= 0.6 is 0 Å². The lowest BCUT2D eigenvalue weighted by Crippen LogP contribution is -2.53. The molecule has 0 aliphatic carbocycles. The highest BCUT2D eigenvalue weighted by Crippen LogP contribution is 2.33. The molecule has 0 radical (unpaired) electrons. The topological polar surface area (TPSA) is 84.3 Å². The molecule has 1 unspecified atom stereocenters. The van der Waals surface area contributed by atoms with Crippen LogP contribution in [0.2, 0.25) is 0 Å². The summed E-state index contributed by atoms with van der Waals surface area (Å²) in [4.78, 5) is 17.1. The Kier molecular flexibility index (Phi) is 5.60. The minimum Gasteiger partial charge on any atom is -0.486 e. The van der Waals surface area contributed by atoms with E-state index in [4.69, 9.17) is 9.47 Å². The minimum absolute atomic E-state index is 0.0493. The van der Waals surface area contributed by atoms with Gasteiger partial charge in [0.25, 0.3) is 0 Å². The number of rotatable bonds is 4. The highest BCUT2D eigenvalue weighted by atomic mass is 32.2. The van der Waals surface area contributed by atoms with Crippen molar-refractivity contribution < 1.29 is 22.7 Å². The quantitative estimate of drug-likeness (QED) is 0.681. The van der Waals surface area contributed by atoms with E-state index in [2.05, 4.69) is 28.7 Å². The van der Waals surface area contributed by atoms with Gasteiger partial charge in [0, 0.05) is 63.3 Å². The number of hydrogen-bond acceptors (Lipinski definition) is 6. The molecule has 4 heterocycles. The Morgan fingerprint density at radius 2 is 1.75 bits per heavy atom. The Hall–Kier alpha value is -2.56. The van der Waals surface area contributed by atoms with Gasteiger partial charge in [0.2, 0.25) is 15.9 Å².